The third kappa shape index (κ3) is 2.34. The van der Waals surface area contributed by atoms with Gasteiger partial charge in [-0.05, 0) is 25.0 Å². The Hall–Kier alpha value is -1.16. The zero-order valence-electron chi connectivity index (χ0n) is 10.6. The molecule has 96 valence electrons. The summed E-state index contributed by atoms with van der Waals surface area (Å²) in [5.41, 5.74) is 1.29. The smallest absolute Gasteiger partial charge is 0.161 e. The maximum absolute atomic E-state index is 5.23. The van der Waals surface area contributed by atoms with E-state index in [1.54, 1.807) is 7.11 Å². The highest BCUT2D eigenvalue weighted by molar-refractivity contribution is 8.14. The van der Waals surface area contributed by atoms with Crippen LogP contribution in [0, 0.1) is 0 Å². The molecule has 3 rings (SSSR count). The molecule has 18 heavy (non-hydrogen) atoms. The highest BCUT2D eigenvalue weighted by Crippen LogP contribution is 2.41. The molecule has 0 saturated heterocycles. The number of benzene rings is 1. The van der Waals surface area contributed by atoms with E-state index >= 15 is 0 Å². The lowest BCUT2D eigenvalue weighted by molar-refractivity contribution is 0.415. The monoisotopic (exact) mass is 262 g/mol. The van der Waals surface area contributed by atoms with Crippen LogP contribution in [0.2, 0.25) is 0 Å². The second-order valence-electron chi connectivity index (χ2n) is 4.99. The fourth-order valence-electron chi connectivity index (χ4n) is 2.66. The summed E-state index contributed by atoms with van der Waals surface area (Å²) in [5.74, 6) is 2.01. The van der Waals surface area contributed by atoms with Crippen molar-refractivity contribution in [1.29, 1.82) is 0 Å². The molecule has 1 aliphatic heterocycles. The summed E-state index contributed by atoms with van der Waals surface area (Å²) < 4.78 is 5.23. The molecule has 1 aromatic carbocycles. The second kappa shape index (κ2) is 4.84. The third-order valence-electron chi connectivity index (χ3n) is 3.67. The van der Waals surface area contributed by atoms with E-state index in [0.29, 0.717) is 0 Å². The minimum absolute atomic E-state index is 0.242. The second-order valence-corrected chi connectivity index (χ2v) is 5.96. The summed E-state index contributed by atoms with van der Waals surface area (Å²) in [7, 11) is 1.69. The molecule has 1 saturated carbocycles. The van der Waals surface area contributed by atoms with Crippen molar-refractivity contribution in [1.82, 2.24) is 0 Å². The van der Waals surface area contributed by atoms with Crippen molar-refractivity contribution in [3.05, 3.63) is 24.3 Å². The average molecular weight is 262 g/mol. The lowest BCUT2D eigenvalue weighted by Crippen LogP contribution is -2.21. The molecule has 0 aromatic heterocycles. The standard InChI is InChI=1S/C14H18N2OS/c1-17-12-6-4-5-11(9-12)15-13-16-14(10-18-13)7-2-3-8-14/h4-6,9H,2-3,7-8,10H2,1H3,(H,15,16). The molecule has 1 aliphatic carbocycles. The van der Waals surface area contributed by atoms with Gasteiger partial charge in [0.05, 0.1) is 12.6 Å². The molecule has 1 N–H and O–H groups in total. The first kappa shape index (κ1) is 11.9. The van der Waals surface area contributed by atoms with E-state index in [2.05, 4.69) is 5.32 Å². The summed E-state index contributed by atoms with van der Waals surface area (Å²) in [6.45, 7) is 0. The molecule has 0 amide bonds. The van der Waals surface area contributed by atoms with Crippen molar-refractivity contribution in [2.24, 2.45) is 4.99 Å². The van der Waals surface area contributed by atoms with E-state index in [1.807, 2.05) is 36.0 Å². The van der Waals surface area contributed by atoms with Gasteiger partial charge in [0.2, 0.25) is 0 Å². The van der Waals surface area contributed by atoms with Crippen molar-refractivity contribution >= 4 is 22.6 Å². The van der Waals surface area contributed by atoms with Crippen LogP contribution in [0.5, 0.6) is 5.75 Å². The molecule has 2 aliphatic rings. The predicted molar refractivity (Wildman–Crippen MR) is 77.7 cm³/mol. The molecular formula is C14H18N2OS. The van der Waals surface area contributed by atoms with Gasteiger partial charge in [0.1, 0.15) is 5.75 Å². The molecule has 0 bridgehead atoms. The Bertz CT molecular complexity index is 467. The zero-order chi connectivity index (χ0) is 12.4. The number of hydrogen-bond donors (Lipinski definition) is 1. The van der Waals surface area contributed by atoms with Crippen molar-refractivity contribution < 1.29 is 4.74 Å². The van der Waals surface area contributed by atoms with E-state index in [0.717, 1.165) is 22.4 Å². The molecule has 1 spiro atoms. The van der Waals surface area contributed by atoms with Gasteiger partial charge < -0.3 is 10.1 Å². The Morgan fingerprint density at radius 2 is 2.17 bits per heavy atom. The quantitative estimate of drug-likeness (QED) is 0.885. The largest absolute Gasteiger partial charge is 0.497 e. The summed E-state index contributed by atoms with van der Waals surface area (Å²) in [6.07, 6.45) is 5.17. The molecular weight excluding hydrogens is 244 g/mol. The highest BCUT2D eigenvalue weighted by atomic mass is 32.2. The molecule has 0 unspecified atom stereocenters. The van der Waals surface area contributed by atoms with Crippen LogP contribution < -0.4 is 10.1 Å². The van der Waals surface area contributed by atoms with E-state index in [9.17, 15) is 0 Å². The van der Waals surface area contributed by atoms with E-state index in [-0.39, 0.29) is 5.54 Å². The number of anilines is 1. The Kier molecular flexibility index (Phi) is 3.20. The predicted octanol–water partition coefficient (Wildman–Crippen LogP) is 3.52. The number of nitrogens with one attached hydrogen (secondary N) is 1. The van der Waals surface area contributed by atoms with Crippen LogP contribution in [-0.4, -0.2) is 23.6 Å². The summed E-state index contributed by atoms with van der Waals surface area (Å²) in [4.78, 5) is 4.90. The number of thioether (sulfide) groups is 1. The molecule has 0 radical (unpaired) electrons. The Balaban J connectivity index is 1.73. The van der Waals surface area contributed by atoms with Gasteiger partial charge in [-0.1, -0.05) is 30.7 Å². The lowest BCUT2D eigenvalue weighted by atomic mass is 10.0. The number of rotatable bonds is 2. The van der Waals surface area contributed by atoms with E-state index < -0.39 is 0 Å². The fourth-order valence-corrected chi connectivity index (χ4v) is 3.87. The van der Waals surface area contributed by atoms with Gasteiger partial charge in [-0.2, -0.15) is 0 Å². The van der Waals surface area contributed by atoms with Crippen LogP contribution in [0.15, 0.2) is 29.3 Å². The van der Waals surface area contributed by atoms with Crippen LogP contribution in [0.4, 0.5) is 5.69 Å². The van der Waals surface area contributed by atoms with Crippen molar-refractivity contribution in [3.63, 3.8) is 0 Å². The minimum Gasteiger partial charge on any atom is -0.497 e. The van der Waals surface area contributed by atoms with E-state index in [4.69, 9.17) is 9.73 Å². The van der Waals surface area contributed by atoms with Crippen LogP contribution in [0.25, 0.3) is 0 Å². The zero-order valence-corrected chi connectivity index (χ0v) is 11.4. The van der Waals surface area contributed by atoms with Gasteiger partial charge >= 0.3 is 0 Å². The number of amidine groups is 1. The van der Waals surface area contributed by atoms with Crippen LogP contribution >= 0.6 is 11.8 Å². The maximum atomic E-state index is 5.23. The SMILES string of the molecule is COc1cccc(NC2=NC3(CCCC3)CS2)c1. The number of hydrogen-bond acceptors (Lipinski definition) is 4. The van der Waals surface area contributed by atoms with Gasteiger partial charge in [-0.25, -0.2) is 0 Å². The molecule has 0 atom stereocenters. The molecule has 4 heteroatoms. The number of aliphatic imine (C=N–C) groups is 1. The van der Waals surface area contributed by atoms with Crippen LogP contribution in [0.3, 0.4) is 0 Å². The van der Waals surface area contributed by atoms with Crippen molar-refractivity contribution in [2.75, 3.05) is 18.2 Å². The van der Waals surface area contributed by atoms with Gasteiger partial charge in [0.15, 0.2) is 5.17 Å². The minimum atomic E-state index is 0.242. The molecule has 3 nitrogen and oxygen atoms in total. The molecule has 1 heterocycles. The number of nitrogens with zero attached hydrogens (tertiary/aromatic N) is 1. The molecule has 1 aromatic rings. The van der Waals surface area contributed by atoms with Gasteiger partial charge in [0, 0.05) is 17.5 Å². The Morgan fingerprint density at radius 3 is 2.94 bits per heavy atom. The summed E-state index contributed by atoms with van der Waals surface area (Å²) >= 11 is 1.84. The average Bonchev–Trinajstić information content (AvgIpc) is 3.01. The maximum Gasteiger partial charge on any atom is 0.161 e. The topological polar surface area (TPSA) is 33.6 Å². The summed E-state index contributed by atoms with van der Waals surface area (Å²) in [6, 6.07) is 7.99. The van der Waals surface area contributed by atoms with Crippen molar-refractivity contribution in [2.45, 2.75) is 31.2 Å². The van der Waals surface area contributed by atoms with E-state index in [1.165, 1.54) is 25.7 Å². The summed E-state index contributed by atoms with van der Waals surface area (Å²) in [5, 5.41) is 4.46. The van der Waals surface area contributed by atoms with Gasteiger partial charge in [-0.3, -0.25) is 4.99 Å². The first-order valence-electron chi connectivity index (χ1n) is 6.43. The normalized spacial score (nSPS) is 21.1. The number of ether oxygens (including phenoxy) is 1. The first-order chi connectivity index (χ1) is 8.80. The van der Waals surface area contributed by atoms with Crippen LogP contribution in [-0.2, 0) is 0 Å². The highest BCUT2D eigenvalue weighted by Gasteiger charge is 2.38. The van der Waals surface area contributed by atoms with Gasteiger partial charge in [0.25, 0.3) is 0 Å². The number of methoxy groups -OCH3 is 1. The Labute approximate surface area is 112 Å². The molecule has 1 fully saturated rings. The van der Waals surface area contributed by atoms with Gasteiger partial charge in [-0.15, -0.1) is 0 Å². The fraction of sp³-hybridized carbons (Fsp3) is 0.500. The van der Waals surface area contributed by atoms with Crippen molar-refractivity contribution in [3.8, 4) is 5.75 Å². The third-order valence-corrected chi connectivity index (χ3v) is 4.82. The lowest BCUT2D eigenvalue weighted by Gasteiger charge is -2.16. The van der Waals surface area contributed by atoms with Crippen LogP contribution in [0.1, 0.15) is 25.7 Å². The Morgan fingerprint density at radius 1 is 1.33 bits per heavy atom. The first-order valence-corrected chi connectivity index (χ1v) is 7.42.